The van der Waals surface area contributed by atoms with Gasteiger partial charge in [-0.15, -0.1) is 0 Å². The summed E-state index contributed by atoms with van der Waals surface area (Å²) in [4.78, 5) is 20.5. The minimum Gasteiger partial charge on any atom is -0.480 e. The van der Waals surface area contributed by atoms with Crippen molar-refractivity contribution in [3.63, 3.8) is 0 Å². The zero-order valence-corrected chi connectivity index (χ0v) is 10.4. The Hall–Kier alpha value is -2.23. The first-order valence-corrected chi connectivity index (χ1v) is 5.52. The first kappa shape index (κ1) is 16.8. The first-order chi connectivity index (χ1) is 9.58. The average Bonchev–Trinajstić information content (AvgIpc) is 2.24. The summed E-state index contributed by atoms with van der Waals surface area (Å²) in [5.41, 5.74) is -0.803. The smallest absolute Gasteiger partial charge is 0.401 e. The highest BCUT2D eigenvalue weighted by atomic mass is 19.4. The zero-order chi connectivity index (χ0) is 16.2. The monoisotopic (exact) mass is 310 g/mol. The third kappa shape index (κ3) is 5.73. The Balaban J connectivity index is 2.90. The van der Waals surface area contributed by atoms with E-state index in [0.717, 1.165) is 12.1 Å². The van der Waals surface area contributed by atoms with Crippen LogP contribution >= 0.6 is 0 Å². The van der Waals surface area contributed by atoms with Crippen LogP contribution in [0.1, 0.15) is 5.56 Å². The van der Waals surface area contributed by atoms with Crippen LogP contribution in [0.15, 0.2) is 18.2 Å². The molecule has 21 heavy (non-hydrogen) atoms. The fraction of sp³-hybridized carbons (Fsp3) is 0.364. The largest absolute Gasteiger partial charge is 0.480 e. The second-order valence-corrected chi connectivity index (χ2v) is 4.20. The number of benzene rings is 1. The fourth-order valence-corrected chi connectivity index (χ4v) is 1.67. The molecule has 1 N–H and O–H groups in total. The maximum absolute atomic E-state index is 13.4. The molecule has 0 aliphatic heterocycles. The molecule has 116 valence electrons. The molecule has 0 atom stereocenters. The molecule has 6 nitrogen and oxygen atoms in total. The van der Waals surface area contributed by atoms with Gasteiger partial charge in [-0.3, -0.25) is 19.8 Å². The summed E-state index contributed by atoms with van der Waals surface area (Å²) < 4.78 is 50.3. The third-order valence-electron chi connectivity index (χ3n) is 2.38. The Morgan fingerprint density at radius 1 is 1.38 bits per heavy atom. The molecule has 0 unspecified atom stereocenters. The van der Waals surface area contributed by atoms with Crippen molar-refractivity contribution < 1.29 is 32.4 Å². The van der Waals surface area contributed by atoms with Crippen LogP contribution in [-0.4, -0.2) is 40.2 Å². The lowest BCUT2D eigenvalue weighted by molar-refractivity contribution is -0.387. The van der Waals surface area contributed by atoms with Crippen LogP contribution in [0.25, 0.3) is 0 Å². The second kappa shape index (κ2) is 6.48. The summed E-state index contributed by atoms with van der Waals surface area (Å²) >= 11 is 0. The number of nitro groups is 1. The summed E-state index contributed by atoms with van der Waals surface area (Å²) in [6, 6.07) is 2.60. The number of carboxylic acid groups (broad SMARTS) is 1. The Kier molecular flexibility index (Phi) is 5.19. The number of halogens is 4. The van der Waals surface area contributed by atoms with Gasteiger partial charge in [0.05, 0.1) is 18.0 Å². The Bertz CT molecular complexity index is 548. The normalized spacial score (nSPS) is 11.7. The summed E-state index contributed by atoms with van der Waals surface area (Å²) in [6.45, 7) is -2.88. The lowest BCUT2D eigenvalue weighted by Gasteiger charge is -2.21. The molecular formula is C11H10F4N2O4. The minimum atomic E-state index is -4.62. The highest BCUT2D eigenvalue weighted by Crippen LogP contribution is 2.21. The summed E-state index contributed by atoms with van der Waals surface area (Å²) in [6.07, 6.45) is -4.62. The molecule has 0 bridgehead atoms. The average molecular weight is 310 g/mol. The first-order valence-electron chi connectivity index (χ1n) is 5.52. The van der Waals surface area contributed by atoms with Gasteiger partial charge in [-0.2, -0.15) is 17.6 Å². The van der Waals surface area contributed by atoms with Crippen molar-refractivity contribution in [1.82, 2.24) is 4.90 Å². The molecule has 1 rings (SSSR count). The van der Waals surface area contributed by atoms with E-state index in [1.807, 2.05) is 0 Å². The standard InChI is InChI=1S/C11H10F4N2O4/c12-8-3-7(1-2-9(8)17(20)21)4-16(5-10(18)19)6-11(13,14)15/h1-3H,4-6H2,(H,18,19). The van der Waals surface area contributed by atoms with Crippen molar-refractivity contribution in [3.8, 4) is 0 Å². The molecule has 0 aromatic heterocycles. The van der Waals surface area contributed by atoms with Gasteiger partial charge in [0.25, 0.3) is 0 Å². The maximum Gasteiger partial charge on any atom is 0.401 e. The van der Waals surface area contributed by atoms with E-state index >= 15 is 0 Å². The van der Waals surface area contributed by atoms with Crippen LogP contribution in [-0.2, 0) is 11.3 Å². The lowest BCUT2D eigenvalue weighted by atomic mass is 10.2. The Morgan fingerprint density at radius 2 is 2.00 bits per heavy atom. The van der Waals surface area contributed by atoms with Gasteiger partial charge >= 0.3 is 17.8 Å². The minimum absolute atomic E-state index is 0.00333. The van der Waals surface area contributed by atoms with Gasteiger partial charge in [0.2, 0.25) is 5.82 Å². The number of carboxylic acids is 1. The molecule has 0 saturated carbocycles. The van der Waals surface area contributed by atoms with Crippen LogP contribution < -0.4 is 0 Å². The van der Waals surface area contributed by atoms with Gasteiger partial charge in [-0.1, -0.05) is 6.07 Å². The number of rotatable bonds is 6. The maximum atomic E-state index is 13.4. The third-order valence-corrected chi connectivity index (χ3v) is 2.38. The van der Waals surface area contributed by atoms with Crippen molar-refractivity contribution >= 4 is 11.7 Å². The fourth-order valence-electron chi connectivity index (χ4n) is 1.67. The van der Waals surface area contributed by atoms with Crippen LogP contribution in [0.2, 0.25) is 0 Å². The Morgan fingerprint density at radius 3 is 2.43 bits per heavy atom. The highest BCUT2D eigenvalue weighted by Gasteiger charge is 2.31. The number of nitro benzene ring substituents is 1. The molecule has 1 aromatic carbocycles. The van der Waals surface area contributed by atoms with E-state index in [9.17, 15) is 32.5 Å². The molecule has 0 aliphatic carbocycles. The van der Waals surface area contributed by atoms with Crippen LogP contribution in [0.5, 0.6) is 0 Å². The number of hydrogen-bond acceptors (Lipinski definition) is 4. The quantitative estimate of drug-likeness (QED) is 0.494. The molecule has 0 radical (unpaired) electrons. The molecule has 0 aliphatic rings. The van der Waals surface area contributed by atoms with E-state index in [2.05, 4.69) is 0 Å². The SMILES string of the molecule is O=C(O)CN(Cc1ccc([N+](=O)[O-])c(F)c1)CC(F)(F)F. The van der Waals surface area contributed by atoms with Crippen LogP contribution in [0.4, 0.5) is 23.2 Å². The molecular weight excluding hydrogens is 300 g/mol. The van der Waals surface area contributed by atoms with E-state index in [-0.39, 0.29) is 5.56 Å². The molecule has 0 spiro atoms. The van der Waals surface area contributed by atoms with Gasteiger partial charge in [0.1, 0.15) is 0 Å². The second-order valence-electron chi connectivity index (χ2n) is 4.20. The van der Waals surface area contributed by atoms with Gasteiger partial charge in [-0.25, -0.2) is 0 Å². The van der Waals surface area contributed by atoms with E-state index < -0.39 is 48.2 Å². The van der Waals surface area contributed by atoms with Crippen LogP contribution in [0.3, 0.4) is 0 Å². The summed E-state index contributed by atoms with van der Waals surface area (Å²) in [5.74, 6) is -2.67. The summed E-state index contributed by atoms with van der Waals surface area (Å²) in [5, 5.41) is 19.0. The van der Waals surface area contributed by atoms with Crippen molar-refractivity contribution in [2.24, 2.45) is 0 Å². The predicted molar refractivity (Wildman–Crippen MR) is 62.0 cm³/mol. The Labute approximate surface area is 115 Å². The van der Waals surface area contributed by atoms with E-state index in [0.29, 0.717) is 11.0 Å². The molecule has 0 heterocycles. The number of hydrogen-bond donors (Lipinski definition) is 1. The van der Waals surface area contributed by atoms with Gasteiger partial charge in [-0.05, 0) is 11.6 Å². The number of aliphatic carboxylic acids is 1. The molecule has 10 heteroatoms. The molecule has 0 amide bonds. The zero-order valence-electron chi connectivity index (χ0n) is 10.4. The van der Waals surface area contributed by atoms with Gasteiger partial charge < -0.3 is 5.11 Å². The van der Waals surface area contributed by atoms with Crippen LogP contribution in [0, 0.1) is 15.9 Å². The number of carbonyl (C=O) groups is 1. The summed E-state index contributed by atoms with van der Waals surface area (Å²) in [7, 11) is 0. The molecule has 0 fully saturated rings. The van der Waals surface area contributed by atoms with E-state index in [1.165, 1.54) is 0 Å². The molecule has 1 aromatic rings. The van der Waals surface area contributed by atoms with Gasteiger partial charge in [0, 0.05) is 12.6 Å². The van der Waals surface area contributed by atoms with Crippen molar-refractivity contribution in [1.29, 1.82) is 0 Å². The van der Waals surface area contributed by atoms with Crippen molar-refractivity contribution in [2.75, 3.05) is 13.1 Å². The molecule has 0 saturated heterocycles. The van der Waals surface area contributed by atoms with E-state index in [1.54, 1.807) is 0 Å². The van der Waals surface area contributed by atoms with Gasteiger partial charge in [0.15, 0.2) is 0 Å². The van der Waals surface area contributed by atoms with Crippen molar-refractivity contribution in [3.05, 3.63) is 39.7 Å². The van der Waals surface area contributed by atoms with Crippen molar-refractivity contribution in [2.45, 2.75) is 12.7 Å². The predicted octanol–water partition coefficient (Wildman–Crippen LogP) is 2.18. The van der Waals surface area contributed by atoms with E-state index in [4.69, 9.17) is 5.11 Å². The number of nitrogens with zero attached hydrogens (tertiary/aromatic N) is 2. The number of alkyl halides is 3. The highest BCUT2D eigenvalue weighted by molar-refractivity contribution is 5.69. The topological polar surface area (TPSA) is 83.7 Å². The lowest BCUT2D eigenvalue weighted by Crippen LogP contribution is -2.37.